The first kappa shape index (κ1) is 12.6. The summed E-state index contributed by atoms with van der Waals surface area (Å²) in [4.78, 5) is 0. The molecule has 0 amide bonds. The molecule has 0 saturated carbocycles. The van der Waals surface area contributed by atoms with E-state index in [0.29, 0.717) is 6.04 Å². The van der Waals surface area contributed by atoms with Crippen LogP contribution in [0, 0.1) is 13.8 Å². The number of morpholine rings is 1. The minimum absolute atomic E-state index is 0.454. The Kier molecular flexibility index (Phi) is 4.54. The first-order chi connectivity index (χ1) is 8.25. The van der Waals surface area contributed by atoms with Crippen molar-refractivity contribution >= 4 is 0 Å². The molecular weight excluding hydrogens is 212 g/mol. The Hall–Kier alpha value is -0.900. The normalized spacial score (nSPS) is 20.5. The molecule has 1 atom stereocenters. The maximum Gasteiger partial charge on any atom is 0.0632 e. The van der Waals surface area contributed by atoms with Crippen LogP contribution in [0.5, 0.6) is 0 Å². The van der Waals surface area contributed by atoms with E-state index in [1.54, 1.807) is 0 Å². The average Bonchev–Trinajstić information content (AvgIpc) is 2.35. The van der Waals surface area contributed by atoms with Crippen molar-refractivity contribution < 1.29 is 4.74 Å². The molecule has 0 bridgehead atoms. The van der Waals surface area contributed by atoms with Crippen molar-refractivity contribution in [3.8, 4) is 0 Å². The molecule has 0 aromatic heterocycles. The van der Waals surface area contributed by atoms with Crippen molar-refractivity contribution in [3.63, 3.8) is 0 Å². The van der Waals surface area contributed by atoms with Crippen LogP contribution in [0.4, 0.5) is 0 Å². The van der Waals surface area contributed by atoms with Gasteiger partial charge in [-0.05, 0) is 30.5 Å². The third kappa shape index (κ3) is 3.80. The summed E-state index contributed by atoms with van der Waals surface area (Å²) in [6, 6.07) is 7.09. The van der Waals surface area contributed by atoms with Crippen molar-refractivity contribution in [2.45, 2.75) is 26.4 Å². The predicted molar refractivity (Wildman–Crippen MR) is 70.2 cm³/mol. The maximum absolute atomic E-state index is 5.42. The van der Waals surface area contributed by atoms with E-state index in [4.69, 9.17) is 4.74 Å². The summed E-state index contributed by atoms with van der Waals surface area (Å²) in [5.41, 5.74) is 4.07. The van der Waals surface area contributed by atoms with Crippen LogP contribution in [0.1, 0.15) is 16.7 Å². The highest BCUT2D eigenvalue weighted by Crippen LogP contribution is 2.09. The zero-order valence-electron chi connectivity index (χ0n) is 10.8. The fourth-order valence-corrected chi connectivity index (χ4v) is 2.06. The van der Waals surface area contributed by atoms with Crippen LogP contribution in [-0.4, -0.2) is 32.3 Å². The van der Waals surface area contributed by atoms with Gasteiger partial charge in [0.1, 0.15) is 0 Å². The van der Waals surface area contributed by atoms with Gasteiger partial charge in [-0.25, -0.2) is 0 Å². The van der Waals surface area contributed by atoms with E-state index in [9.17, 15) is 0 Å². The molecule has 1 aromatic rings. The molecule has 94 valence electrons. The second-order valence-corrected chi connectivity index (χ2v) is 4.78. The van der Waals surface area contributed by atoms with E-state index in [0.717, 1.165) is 32.8 Å². The lowest BCUT2D eigenvalue weighted by Gasteiger charge is -2.24. The van der Waals surface area contributed by atoms with Crippen LogP contribution in [0.3, 0.4) is 0 Å². The minimum Gasteiger partial charge on any atom is -0.378 e. The second-order valence-electron chi connectivity index (χ2n) is 4.78. The van der Waals surface area contributed by atoms with Gasteiger partial charge in [0.05, 0.1) is 13.2 Å². The van der Waals surface area contributed by atoms with Crippen LogP contribution in [0.15, 0.2) is 18.2 Å². The van der Waals surface area contributed by atoms with Gasteiger partial charge in [-0.1, -0.05) is 18.2 Å². The summed E-state index contributed by atoms with van der Waals surface area (Å²) >= 11 is 0. The highest BCUT2D eigenvalue weighted by Gasteiger charge is 2.11. The molecule has 2 N–H and O–H groups in total. The maximum atomic E-state index is 5.42. The Labute approximate surface area is 104 Å². The Balaban J connectivity index is 1.75. The molecule has 1 fully saturated rings. The van der Waals surface area contributed by atoms with Gasteiger partial charge in [-0.2, -0.15) is 0 Å². The number of ether oxygens (including phenoxy) is 1. The fraction of sp³-hybridized carbons (Fsp3) is 0.571. The number of hydrogen-bond donors (Lipinski definition) is 2. The number of benzene rings is 1. The topological polar surface area (TPSA) is 33.3 Å². The lowest BCUT2D eigenvalue weighted by Crippen LogP contribution is -2.47. The summed E-state index contributed by atoms with van der Waals surface area (Å²) in [7, 11) is 0. The second kappa shape index (κ2) is 6.15. The highest BCUT2D eigenvalue weighted by atomic mass is 16.5. The molecule has 3 heteroatoms. The van der Waals surface area contributed by atoms with Crippen molar-refractivity contribution in [1.82, 2.24) is 10.6 Å². The lowest BCUT2D eigenvalue weighted by molar-refractivity contribution is 0.0766. The Morgan fingerprint density at radius 2 is 2.24 bits per heavy atom. The van der Waals surface area contributed by atoms with Crippen molar-refractivity contribution in [2.75, 3.05) is 26.3 Å². The number of nitrogens with one attached hydrogen (secondary N) is 2. The van der Waals surface area contributed by atoms with Gasteiger partial charge in [-0.3, -0.25) is 0 Å². The van der Waals surface area contributed by atoms with E-state index in [2.05, 4.69) is 42.7 Å². The van der Waals surface area contributed by atoms with Crippen LogP contribution in [0.2, 0.25) is 0 Å². The molecule has 3 nitrogen and oxygen atoms in total. The summed E-state index contributed by atoms with van der Waals surface area (Å²) in [5.74, 6) is 0. The standard InChI is InChI=1S/C14H22N2O/c1-11-3-4-13(7-12(11)2)8-15-9-14-10-17-6-5-16-14/h3-4,7,14-16H,5-6,8-10H2,1-2H3. The largest absolute Gasteiger partial charge is 0.378 e. The van der Waals surface area contributed by atoms with Gasteiger partial charge >= 0.3 is 0 Å². The predicted octanol–water partition coefficient (Wildman–Crippen LogP) is 1.38. The van der Waals surface area contributed by atoms with Gasteiger partial charge in [-0.15, -0.1) is 0 Å². The highest BCUT2D eigenvalue weighted by molar-refractivity contribution is 5.29. The van der Waals surface area contributed by atoms with Crippen molar-refractivity contribution in [3.05, 3.63) is 34.9 Å². The molecule has 0 spiro atoms. The van der Waals surface area contributed by atoms with Gasteiger partial charge < -0.3 is 15.4 Å². The Morgan fingerprint density at radius 3 is 2.94 bits per heavy atom. The smallest absolute Gasteiger partial charge is 0.0632 e. The average molecular weight is 234 g/mol. The molecule has 1 aromatic carbocycles. The zero-order valence-corrected chi connectivity index (χ0v) is 10.8. The van der Waals surface area contributed by atoms with Crippen LogP contribution >= 0.6 is 0 Å². The lowest BCUT2D eigenvalue weighted by atomic mass is 10.1. The summed E-state index contributed by atoms with van der Waals surface area (Å²) < 4.78 is 5.42. The van der Waals surface area contributed by atoms with E-state index >= 15 is 0 Å². The molecule has 17 heavy (non-hydrogen) atoms. The van der Waals surface area contributed by atoms with Gasteiger partial charge in [0.25, 0.3) is 0 Å². The molecular formula is C14H22N2O. The first-order valence-electron chi connectivity index (χ1n) is 6.33. The number of rotatable bonds is 4. The third-order valence-corrected chi connectivity index (χ3v) is 3.29. The quantitative estimate of drug-likeness (QED) is 0.826. The van der Waals surface area contributed by atoms with E-state index < -0.39 is 0 Å². The van der Waals surface area contributed by atoms with Gasteiger partial charge in [0.2, 0.25) is 0 Å². The molecule has 0 aliphatic carbocycles. The molecule has 1 aliphatic rings. The number of hydrogen-bond acceptors (Lipinski definition) is 3. The van der Waals surface area contributed by atoms with Gasteiger partial charge in [0, 0.05) is 25.7 Å². The molecule has 0 radical (unpaired) electrons. The van der Waals surface area contributed by atoms with Crippen LogP contribution in [-0.2, 0) is 11.3 Å². The van der Waals surface area contributed by atoms with Crippen molar-refractivity contribution in [2.24, 2.45) is 0 Å². The van der Waals surface area contributed by atoms with E-state index in [1.807, 2.05) is 0 Å². The number of aryl methyl sites for hydroxylation is 2. The van der Waals surface area contributed by atoms with Crippen molar-refractivity contribution in [1.29, 1.82) is 0 Å². The molecule has 2 rings (SSSR count). The fourth-order valence-electron chi connectivity index (χ4n) is 2.06. The summed E-state index contributed by atoms with van der Waals surface area (Å²) in [6.07, 6.45) is 0. The van der Waals surface area contributed by atoms with Crippen LogP contribution < -0.4 is 10.6 Å². The van der Waals surface area contributed by atoms with Crippen LogP contribution in [0.25, 0.3) is 0 Å². The molecule has 1 saturated heterocycles. The Bertz CT molecular complexity index is 359. The summed E-state index contributed by atoms with van der Waals surface area (Å²) in [6.45, 7) is 8.83. The minimum atomic E-state index is 0.454. The van der Waals surface area contributed by atoms with Gasteiger partial charge in [0.15, 0.2) is 0 Å². The summed E-state index contributed by atoms with van der Waals surface area (Å²) in [5, 5.41) is 6.91. The third-order valence-electron chi connectivity index (χ3n) is 3.29. The molecule has 1 heterocycles. The monoisotopic (exact) mass is 234 g/mol. The zero-order chi connectivity index (χ0) is 12.1. The SMILES string of the molecule is Cc1ccc(CNCC2COCCN2)cc1C. The Morgan fingerprint density at radius 1 is 1.35 bits per heavy atom. The molecule has 1 unspecified atom stereocenters. The van der Waals surface area contributed by atoms with E-state index in [-0.39, 0.29) is 0 Å². The molecule has 1 aliphatic heterocycles. The first-order valence-corrected chi connectivity index (χ1v) is 6.33. The van der Waals surface area contributed by atoms with E-state index in [1.165, 1.54) is 16.7 Å².